The van der Waals surface area contributed by atoms with Crippen molar-refractivity contribution in [3.05, 3.63) is 120 Å². The summed E-state index contributed by atoms with van der Waals surface area (Å²) in [6.07, 6.45) is 1.72. The summed E-state index contributed by atoms with van der Waals surface area (Å²) in [6, 6.07) is 33.3. The fourth-order valence-electron chi connectivity index (χ4n) is 3.76. The van der Waals surface area contributed by atoms with E-state index in [0.29, 0.717) is 16.3 Å². The van der Waals surface area contributed by atoms with E-state index in [4.69, 9.17) is 11.6 Å². The van der Waals surface area contributed by atoms with E-state index in [2.05, 4.69) is 34.6 Å². The number of benzene rings is 4. The van der Waals surface area contributed by atoms with Crippen LogP contribution >= 0.6 is 11.6 Å². The molecule has 0 unspecified atom stereocenters. The van der Waals surface area contributed by atoms with Crippen molar-refractivity contribution in [2.75, 3.05) is 5.32 Å². The van der Waals surface area contributed by atoms with Crippen molar-refractivity contribution in [1.82, 2.24) is 4.98 Å². The molecule has 1 N–H and O–H groups in total. The number of nitrogens with one attached hydrogen (secondary N) is 1. The lowest BCUT2D eigenvalue weighted by Crippen LogP contribution is -2.12. The minimum absolute atomic E-state index is 0.207. The number of amides is 1. The van der Waals surface area contributed by atoms with Crippen LogP contribution in [0.25, 0.3) is 33.2 Å². The van der Waals surface area contributed by atoms with E-state index in [1.54, 1.807) is 18.3 Å². The van der Waals surface area contributed by atoms with Crippen molar-refractivity contribution in [1.29, 1.82) is 0 Å². The second-order valence-electron chi connectivity index (χ2n) is 7.47. The number of aromatic nitrogens is 1. The van der Waals surface area contributed by atoms with E-state index >= 15 is 0 Å². The van der Waals surface area contributed by atoms with Crippen LogP contribution in [0.1, 0.15) is 10.4 Å². The topological polar surface area (TPSA) is 42.0 Å². The minimum Gasteiger partial charge on any atom is -0.320 e. The molecule has 0 saturated heterocycles. The Kier molecular flexibility index (Phi) is 5.40. The third kappa shape index (κ3) is 3.98. The smallest absolute Gasteiger partial charge is 0.255 e. The molecule has 0 aliphatic heterocycles. The average Bonchev–Trinajstić information content (AvgIpc) is 2.85. The number of rotatable bonds is 4. The maximum atomic E-state index is 13.0. The Hall–Kier alpha value is -3.95. The van der Waals surface area contributed by atoms with Gasteiger partial charge in [0, 0.05) is 27.7 Å². The van der Waals surface area contributed by atoms with Gasteiger partial charge in [-0.1, -0.05) is 84.4 Å². The number of hydrogen-bond acceptors (Lipinski definition) is 2. The van der Waals surface area contributed by atoms with Gasteiger partial charge < -0.3 is 5.32 Å². The van der Waals surface area contributed by atoms with E-state index in [1.165, 1.54) is 0 Å². The fourth-order valence-corrected chi connectivity index (χ4v) is 3.99. The van der Waals surface area contributed by atoms with E-state index in [9.17, 15) is 4.79 Å². The molecule has 1 heterocycles. The molecule has 5 aromatic rings. The molecule has 4 aromatic carbocycles. The molecule has 0 aliphatic rings. The highest BCUT2D eigenvalue weighted by atomic mass is 35.5. The van der Waals surface area contributed by atoms with Gasteiger partial charge in [-0.05, 0) is 47.0 Å². The van der Waals surface area contributed by atoms with Crippen LogP contribution in [0.5, 0.6) is 0 Å². The molecular formula is C28H19ClN2O. The summed E-state index contributed by atoms with van der Waals surface area (Å²) in [6.45, 7) is 0. The normalized spacial score (nSPS) is 10.8. The number of para-hydroxylation sites is 1. The predicted octanol–water partition coefficient (Wildman–Crippen LogP) is 7.47. The van der Waals surface area contributed by atoms with Crippen LogP contribution in [0, 0.1) is 0 Å². The first kappa shape index (κ1) is 20.0. The number of hydrogen-bond donors (Lipinski definition) is 1. The van der Waals surface area contributed by atoms with Gasteiger partial charge in [0.05, 0.1) is 11.2 Å². The zero-order valence-corrected chi connectivity index (χ0v) is 17.9. The van der Waals surface area contributed by atoms with Crippen molar-refractivity contribution in [3.63, 3.8) is 0 Å². The van der Waals surface area contributed by atoms with E-state index in [1.807, 2.05) is 66.7 Å². The number of halogens is 1. The Balaban J connectivity index is 1.44. The summed E-state index contributed by atoms with van der Waals surface area (Å²) < 4.78 is 0. The molecule has 0 radical (unpaired) electrons. The summed E-state index contributed by atoms with van der Waals surface area (Å²) in [7, 11) is 0. The molecule has 32 heavy (non-hydrogen) atoms. The lowest BCUT2D eigenvalue weighted by atomic mass is 9.99. The second kappa shape index (κ2) is 8.66. The molecule has 154 valence electrons. The Labute approximate surface area is 191 Å². The second-order valence-corrected chi connectivity index (χ2v) is 7.88. The van der Waals surface area contributed by atoms with E-state index in [-0.39, 0.29) is 5.91 Å². The van der Waals surface area contributed by atoms with Gasteiger partial charge in [-0.3, -0.25) is 9.78 Å². The minimum atomic E-state index is -0.207. The Morgan fingerprint density at radius 1 is 0.719 bits per heavy atom. The third-order valence-corrected chi connectivity index (χ3v) is 5.74. The van der Waals surface area contributed by atoms with Gasteiger partial charge in [0.2, 0.25) is 0 Å². The maximum Gasteiger partial charge on any atom is 0.255 e. The quantitative estimate of drug-likeness (QED) is 0.318. The molecule has 3 nitrogen and oxygen atoms in total. The van der Waals surface area contributed by atoms with Crippen molar-refractivity contribution >= 4 is 34.1 Å². The van der Waals surface area contributed by atoms with Crippen molar-refractivity contribution < 1.29 is 4.79 Å². The van der Waals surface area contributed by atoms with Crippen LogP contribution in [-0.4, -0.2) is 10.9 Å². The van der Waals surface area contributed by atoms with Crippen LogP contribution in [0.4, 0.5) is 5.69 Å². The molecule has 0 spiro atoms. The number of pyridine rings is 1. The molecule has 0 atom stereocenters. The molecule has 0 saturated carbocycles. The molecule has 4 heteroatoms. The average molecular weight is 435 g/mol. The van der Waals surface area contributed by atoms with E-state index in [0.717, 1.165) is 33.2 Å². The van der Waals surface area contributed by atoms with Crippen molar-refractivity contribution in [2.24, 2.45) is 0 Å². The van der Waals surface area contributed by atoms with Gasteiger partial charge in [0.1, 0.15) is 0 Å². The van der Waals surface area contributed by atoms with Crippen LogP contribution in [0.3, 0.4) is 0 Å². The summed E-state index contributed by atoms with van der Waals surface area (Å²) in [5, 5.41) is 4.56. The van der Waals surface area contributed by atoms with Gasteiger partial charge in [-0.2, -0.15) is 0 Å². The van der Waals surface area contributed by atoms with Gasteiger partial charge in [-0.15, -0.1) is 0 Å². The molecule has 1 aromatic heterocycles. The van der Waals surface area contributed by atoms with Gasteiger partial charge in [0.15, 0.2) is 0 Å². The summed E-state index contributed by atoms with van der Waals surface area (Å²) in [5.41, 5.74) is 6.02. The number of nitrogens with zero attached hydrogens (tertiary/aromatic N) is 1. The molecule has 1 amide bonds. The fraction of sp³-hybridized carbons (Fsp3) is 0. The van der Waals surface area contributed by atoms with Gasteiger partial charge in [-0.25, -0.2) is 0 Å². The first-order valence-corrected chi connectivity index (χ1v) is 10.7. The van der Waals surface area contributed by atoms with Crippen molar-refractivity contribution in [3.8, 4) is 22.3 Å². The SMILES string of the molecule is O=C(Nc1cccc2cccnc12)c1ccc(Cl)c(-c2ccc(-c3ccccc3)cc2)c1. The zero-order chi connectivity index (χ0) is 21.9. The van der Waals surface area contributed by atoms with Crippen molar-refractivity contribution in [2.45, 2.75) is 0 Å². The van der Waals surface area contributed by atoms with Crippen LogP contribution < -0.4 is 5.32 Å². The zero-order valence-electron chi connectivity index (χ0n) is 17.1. The molecule has 0 aliphatic carbocycles. The first-order chi connectivity index (χ1) is 15.7. The Morgan fingerprint density at radius 3 is 2.25 bits per heavy atom. The third-order valence-electron chi connectivity index (χ3n) is 5.41. The van der Waals surface area contributed by atoms with Gasteiger partial charge in [0.25, 0.3) is 5.91 Å². The Morgan fingerprint density at radius 2 is 1.44 bits per heavy atom. The largest absolute Gasteiger partial charge is 0.320 e. The molecular weight excluding hydrogens is 416 g/mol. The van der Waals surface area contributed by atoms with Crippen LogP contribution in [0.2, 0.25) is 5.02 Å². The van der Waals surface area contributed by atoms with Gasteiger partial charge >= 0.3 is 0 Å². The standard InChI is InChI=1S/C28H19ClN2O/c29-25-16-15-23(28(32)31-26-10-4-8-22-9-5-17-30-27(22)26)18-24(25)21-13-11-20(12-14-21)19-6-2-1-3-7-19/h1-18H,(H,31,32). The Bertz CT molecular complexity index is 1410. The number of carbonyl (C=O) groups excluding carboxylic acids is 1. The first-order valence-electron chi connectivity index (χ1n) is 10.3. The summed E-state index contributed by atoms with van der Waals surface area (Å²) in [4.78, 5) is 17.4. The number of anilines is 1. The highest BCUT2D eigenvalue weighted by molar-refractivity contribution is 6.33. The number of fused-ring (bicyclic) bond motifs is 1. The molecule has 0 fully saturated rings. The number of carbonyl (C=O) groups is 1. The van der Waals surface area contributed by atoms with E-state index < -0.39 is 0 Å². The lowest BCUT2D eigenvalue weighted by Gasteiger charge is -2.11. The van der Waals surface area contributed by atoms with Crippen LogP contribution in [-0.2, 0) is 0 Å². The summed E-state index contributed by atoms with van der Waals surface area (Å²) in [5.74, 6) is -0.207. The highest BCUT2D eigenvalue weighted by Gasteiger charge is 2.13. The lowest BCUT2D eigenvalue weighted by molar-refractivity contribution is 0.102. The summed E-state index contributed by atoms with van der Waals surface area (Å²) >= 11 is 6.49. The monoisotopic (exact) mass is 434 g/mol. The molecule has 5 rings (SSSR count). The highest BCUT2D eigenvalue weighted by Crippen LogP contribution is 2.31. The molecule has 0 bridgehead atoms. The maximum absolute atomic E-state index is 13.0. The predicted molar refractivity (Wildman–Crippen MR) is 132 cm³/mol. The van der Waals surface area contributed by atoms with Crippen LogP contribution in [0.15, 0.2) is 109 Å².